The number of nitrogens with zero attached hydrogens (tertiary/aromatic N) is 1. The van der Waals surface area contributed by atoms with Gasteiger partial charge in [-0.3, -0.25) is 14.4 Å². The first-order valence-corrected chi connectivity index (χ1v) is 9.38. The van der Waals surface area contributed by atoms with Gasteiger partial charge in [0.15, 0.2) is 0 Å². The Balaban J connectivity index is 1.71. The molecule has 0 saturated carbocycles. The Morgan fingerprint density at radius 1 is 1.15 bits per heavy atom. The number of anilines is 3. The molecule has 7 heteroatoms. The summed E-state index contributed by atoms with van der Waals surface area (Å²) < 4.78 is 0.806. The molecular weight excluding hydrogens is 410 g/mol. The summed E-state index contributed by atoms with van der Waals surface area (Å²) in [4.78, 5) is 37.9. The summed E-state index contributed by atoms with van der Waals surface area (Å²) in [6.45, 7) is 3.70. The Morgan fingerprint density at radius 3 is 2.63 bits per heavy atom. The van der Waals surface area contributed by atoms with E-state index in [4.69, 9.17) is 0 Å². The number of hydrogen-bond donors (Lipinski definition) is 2. The molecule has 1 unspecified atom stereocenters. The smallest absolute Gasteiger partial charge is 0.229 e. The molecule has 6 nitrogen and oxygen atoms in total. The number of nitrogens with one attached hydrogen (secondary N) is 2. The van der Waals surface area contributed by atoms with Gasteiger partial charge in [0.05, 0.1) is 11.6 Å². The fraction of sp³-hybridized carbons (Fsp3) is 0.250. The molecule has 3 amide bonds. The maximum Gasteiger partial charge on any atom is 0.229 e. The SMILES string of the molecule is CC(=O)Nc1cccc(N2CC(C(=O)Nc3ccc(C)cc3Br)CC2=O)c1. The molecule has 27 heavy (non-hydrogen) atoms. The van der Waals surface area contributed by atoms with Gasteiger partial charge in [0.1, 0.15) is 0 Å². The third-order valence-corrected chi connectivity index (χ3v) is 5.01. The molecule has 1 saturated heterocycles. The molecule has 1 heterocycles. The third-order valence-electron chi connectivity index (χ3n) is 4.36. The fourth-order valence-electron chi connectivity index (χ4n) is 3.04. The standard InChI is InChI=1S/C20H20BrN3O3/c1-12-6-7-18(17(21)8-12)23-20(27)14-9-19(26)24(11-14)16-5-3-4-15(10-16)22-13(2)25/h3-8,10,14H,9,11H2,1-2H3,(H,22,25)(H,23,27). The number of halogens is 1. The van der Waals surface area contributed by atoms with E-state index in [0.29, 0.717) is 23.6 Å². The lowest BCUT2D eigenvalue weighted by Crippen LogP contribution is -2.28. The second-order valence-electron chi connectivity index (χ2n) is 6.61. The third kappa shape index (κ3) is 4.54. The van der Waals surface area contributed by atoms with E-state index in [2.05, 4.69) is 26.6 Å². The van der Waals surface area contributed by atoms with Crippen molar-refractivity contribution in [3.8, 4) is 0 Å². The number of hydrogen-bond acceptors (Lipinski definition) is 3. The van der Waals surface area contributed by atoms with E-state index < -0.39 is 5.92 Å². The van der Waals surface area contributed by atoms with Gasteiger partial charge in [-0.05, 0) is 58.7 Å². The number of carbonyl (C=O) groups excluding carboxylic acids is 3. The Kier molecular flexibility index (Phi) is 5.60. The van der Waals surface area contributed by atoms with Gasteiger partial charge >= 0.3 is 0 Å². The van der Waals surface area contributed by atoms with Crippen LogP contribution in [0.4, 0.5) is 17.1 Å². The van der Waals surface area contributed by atoms with Crippen LogP contribution in [0.1, 0.15) is 18.9 Å². The van der Waals surface area contributed by atoms with E-state index in [9.17, 15) is 14.4 Å². The van der Waals surface area contributed by atoms with Gasteiger partial charge in [-0.2, -0.15) is 0 Å². The van der Waals surface area contributed by atoms with E-state index in [0.717, 1.165) is 10.0 Å². The molecule has 1 fully saturated rings. The largest absolute Gasteiger partial charge is 0.326 e. The average molecular weight is 430 g/mol. The lowest BCUT2D eigenvalue weighted by Gasteiger charge is -2.18. The summed E-state index contributed by atoms with van der Waals surface area (Å²) in [5.74, 6) is -0.914. The van der Waals surface area contributed by atoms with Crippen molar-refractivity contribution in [2.45, 2.75) is 20.3 Å². The molecule has 2 aromatic rings. The van der Waals surface area contributed by atoms with Gasteiger partial charge < -0.3 is 15.5 Å². The molecular formula is C20H20BrN3O3. The Bertz CT molecular complexity index is 913. The van der Waals surface area contributed by atoms with Crippen molar-refractivity contribution in [3.63, 3.8) is 0 Å². The van der Waals surface area contributed by atoms with Crippen LogP contribution in [0.3, 0.4) is 0 Å². The van der Waals surface area contributed by atoms with Crippen molar-refractivity contribution in [1.82, 2.24) is 0 Å². The molecule has 0 bridgehead atoms. The second kappa shape index (κ2) is 7.92. The predicted octanol–water partition coefficient (Wildman–Crippen LogP) is 3.71. The van der Waals surface area contributed by atoms with Crippen LogP contribution in [0, 0.1) is 12.8 Å². The molecule has 0 aromatic heterocycles. The zero-order chi connectivity index (χ0) is 19.6. The van der Waals surface area contributed by atoms with E-state index >= 15 is 0 Å². The number of benzene rings is 2. The number of aryl methyl sites for hydroxylation is 1. The number of amides is 3. The minimum atomic E-state index is -0.435. The van der Waals surface area contributed by atoms with Gasteiger partial charge in [0, 0.05) is 35.7 Å². The lowest BCUT2D eigenvalue weighted by atomic mass is 10.1. The van der Waals surface area contributed by atoms with Crippen molar-refractivity contribution in [2.24, 2.45) is 5.92 Å². The van der Waals surface area contributed by atoms with E-state index in [1.807, 2.05) is 25.1 Å². The molecule has 140 valence electrons. The molecule has 2 N–H and O–H groups in total. The molecule has 1 aliphatic rings. The summed E-state index contributed by atoms with van der Waals surface area (Å²) in [6, 6.07) is 12.7. The van der Waals surface area contributed by atoms with Crippen molar-refractivity contribution in [1.29, 1.82) is 0 Å². The summed E-state index contributed by atoms with van der Waals surface area (Å²) in [5, 5.41) is 5.59. The van der Waals surface area contributed by atoms with Gasteiger partial charge in [0.25, 0.3) is 0 Å². The van der Waals surface area contributed by atoms with Crippen molar-refractivity contribution >= 4 is 50.7 Å². The predicted molar refractivity (Wildman–Crippen MR) is 109 cm³/mol. The molecule has 0 spiro atoms. The van der Waals surface area contributed by atoms with E-state index in [1.54, 1.807) is 29.2 Å². The summed E-state index contributed by atoms with van der Waals surface area (Å²) >= 11 is 3.45. The summed E-state index contributed by atoms with van der Waals surface area (Å²) in [5.41, 5.74) is 3.05. The quantitative estimate of drug-likeness (QED) is 0.777. The molecule has 2 aromatic carbocycles. The molecule has 1 aliphatic heterocycles. The monoisotopic (exact) mass is 429 g/mol. The fourth-order valence-corrected chi connectivity index (χ4v) is 3.64. The topological polar surface area (TPSA) is 78.5 Å². The molecule has 0 aliphatic carbocycles. The molecule has 1 atom stereocenters. The maximum absolute atomic E-state index is 12.6. The van der Waals surface area contributed by atoms with Crippen LogP contribution in [0.25, 0.3) is 0 Å². The Hall–Kier alpha value is -2.67. The normalized spacial score (nSPS) is 16.3. The average Bonchev–Trinajstić information content (AvgIpc) is 2.99. The number of rotatable bonds is 4. The van der Waals surface area contributed by atoms with Crippen molar-refractivity contribution < 1.29 is 14.4 Å². The van der Waals surface area contributed by atoms with E-state index in [1.165, 1.54) is 6.92 Å². The highest BCUT2D eigenvalue weighted by molar-refractivity contribution is 9.10. The van der Waals surface area contributed by atoms with E-state index in [-0.39, 0.29) is 24.1 Å². The maximum atomic E-state index is 12.6. The highest BCUT2D eigenvalue weighted by Gasteiger charge is 2.35. The first-order valence-electron chi connectivity index (χ1n) is 8.58. The summed E-state index contributed by atoms with van der Waals surface area (Å²) in [6.07, 6.45) is 0.152. The molecule has 3 rings (SSSR count). The first kappa shape index (κ1) is 19.1. The Morgan fingerprint density at radius 2 is 1.93 bits per heavy atom. The van der Waals surface area contributed by atoms with Crippen LogP contribution in [-0.2, 0) is 14.4 Å². The highest BCUT2D eigenvalue weighted by Crippen LogP contribution is 2.29. The highest BCUT2D eigenvalue weighted by atomic mass is 79.9. The molecule has 0 radical (unpaired) electrons. The minimum absolute atomic E-state index is 0.113. The minimum Gasteiger partial charge on any atom is -0.326 e. The van der Waals surface area contributed by atoms with Crippen LogP contribution in [0.2, 0.25) is 0 Å². The van der Waals surface area contributed by atoms with Crippen LogP contribution >= 0.6 is 15.9 Å². The second-order valence-corrected chi connectivity index (χ2v) is 7.46. The van der Waals surface area contributed by atoms with Crippen LogP contribution in [0.5, 0.6) is 0 Å². The van der Waals surface area contributed by atoms with Gasteiger partial charge in [-0.15, -0.1) is 0 Å². The number of carbonyl (C=O) groups is 3. The van der Waals surface area contributed by atoms with Gasteiger partial charge in [-0.1, -0.05) is 12.1 Å². The Labute approximate surface area is 166 Å². The van der Waals surface area contributed by atoms with Crippen LogP contribution in [-0.4, -0.2) is 24.3 Å². The van der Waals surface area contributed by atoms with Gasteiger partial charge in [-0.25, -0.2) is 0 Å². The van der Waals surface area contributed by atoms with Crippen LogP contribution < -0.4 is 15.5 Å². The van der Waals surface area contributed by atoms with Gasteiger partial charge in [0.2, 0.25) is 17.7 Å². The summed E-state index contributed by atoms with van der Waals surface area (Å²) in [7, 11) is 0. The first-order chi connectivity index (χ1) is 12.8. The zero-order valence-corrected chi connectivity index (χ0v) is 16.7. The lowest BCUT2D eigenvalue weighted by molar-refractivity contribution is -0.122. The van der Waals surface area contributed by atoms with Crippen molar-refractivity contribution in [2.75, 3.05) is 22.1 Å². The van der Waals surface area contributed by atoms with Crippen molar-refractivity contribution in [3.05, 3.63) is 52.5 Å². The van der Waals surface area contributed by atoms with Crippen LogP contribution in [0.15, 0.2) is 46.9 Å². The zero-order valence-electron chi connectivity index (χ0n) is 15.1.